The van der Waals surface area contributed by atoms with Gasteiger partial charge in [-0.25, -0.2) is 0 Å². The zero-order valence-corrected chi connectivity index (χ0v) is 7.41. The Kier molecular flexibility index (Phi) is 2.64. The van der Waals surface area contributed by atoms with Crippen molar-refractivity contribution in [3.63, 3.8) is 0 Å². The average Bonchev–Trinajstić information content (AvgIpc) is 2.13. The number of rotatable bonds is 1. The lowest BCUT2D eigenvalue weighted by molar-refractivity contribution is 0.788. The first kappa shape index (κ1) is 8.25. The third-order valence-corrected chi connectivity index (χ3v) is 1.80. The van der Waals surface area contributed by atoms with Gasteiger partial charge in [-0.2, -0.15) is 0 Å². The highest BCUT2D eigenvalue weighted by atomic mass is 14.7. The highest BCUT2D eigenvalue weighted by molar-refractivity contribution is 5.64. The van der Waals surface area contributed by atoms with Crippen molar-refractivity contribution >= 4 is 6.21 Å². The van der Waals surface area contributed by atoms with E-state index < -0.39 is 0 Å². The van der Waals surface area contributed by atoms with Crippen molar-refractivity contribution in [2.45, 2.75) is 20.8 Å². The molecule has 1 unspecified atom stereocenters. The molecule has 0 bridgehead atoms. The Balaban J connectivity index is 2.76. The summed E-state index contributed by atoms with van der Waals surface area (Å²) in [7, 11) is 0. The van der Waals surface area contributed by atoms with Gasteiger partial charge in [0, 0.05) is 18.3 Å². The number of aliphatic imine (C=N–C) groups is 1. The molecule has 1 heterocycles. The predicted molar refractivity (Wildman–Crippen MR) is 49.7 cm³/mol. The minimum Gasteiger partial charge on any atom is -0.268 e. The summed E-state index contributed by atoms with van der Waals surface area (Å²) in [5.41, 5.74) is 1.31. The van der Waals surface area contributed by atoms with Crippen molar-refractivity contribution in [2.24, 2.45) is 16.8 Å². The van der Waals surface area contributed by atoms with Gasteiger partial charge in [-0.05, 0) is 11.5 Å². The van der Waals surface area contributed by atoms with Crippen LogP contribution in [0.5, 0.6) is 0 Å². The summed E-state index contributed by atoms with van der Waals surface area (Å²) in [5, 5.41) is 0. The topological polar surface area (TPSA) is 12.4 Å². The molecule has 0 saturated heterocycles. The third-order valence-electron chi connectivity index (χ3n) is 1.80. The van der Waals surface area contributed by atoms with Crippen LogP contribution in [0.25, 0.3) is 0 Å². The first-order valence-corrected chi connectivity index (χ1v) is 4.11. The molecule has 1 heteroatoms. The molecule has 1 aliphatic heterocycles. The van der Waals surface area contributed by atoms with E-state index in [-0.39, 0.29) is 0 Å². The van der Waals surface area contributed by atoms with Gasteiger partial charge in [-0.15, -0.1) is 0 Å². The van der Waals surface area contributed by atoms with E-state index in [0.29, 0.717) is 11.8 Å². The molecule has 0 aromatic carbocycles. The lowest BCUT2D eigenvalue weighted by Crippen LogP contribution is -1.89. The molecule has 0 aliphatic carbocycles. The molecule has 60 valence electrons. The second kappa shape index (κ2) is 3.51. The molecule has 0 radical (unpaired) electrons. The maximum atomic E-state index is 4.20. The summed E-state index contributed by atoms with van der Waals surface area (Å²) in [4.78, 5) is 4.20. The van der Waals surface area contributed by atoms with Crippen LogP contribution in [0.4, 0.5) is 0 Å². The Morgan fingerprint density at radius 1 is 1.45 bits per heavy atom. The minimum absolute atomic E-state index is 0.475. The number of nitrogens with zero attached hydrogens (tertiary/aromatic N) is 1. The van der Waals surface area contributed by atoms with Crippen LogP contribution in [0.3, 0.4) is 0 Å². The van der Waals surface area contributed by atoms with Crippen LogP contribution in [0, 0.1) is 11.8 Å². The fourth-order valence-corrected chi connectivity index (χ4v) is 0.962. The summed E-state index contributed by atoms with van der Waals surface area (Å²) >= 11 is 0. The molecular weight excluding hydrogens is 134 g/mol. The summed E-state index contributed by atoms with van der Waals surface area (Å²) in [6.07, 6.45) is 8.27. The Bertz CT molecular complexity index is 209. The lowest BCUT2D eigenvalue weighted by Gasteiger charge is -2.02. The van der Waals surface area contributed by atoms with Crippen molar-refractivity contribution < 1.29 is 0 Å². The van der Waals surface area contributed by atoms with E-state index in [0.717, 1.165) is 0 Å². The van der Waals surface area contributed by atoms with Crippen molar-refractivity contribution in [3.8, 4) is 0 Å². The molecule has 0 aromatic heterocycles. The van der Waals surface area contributed by atoms with E-state index in [2.05, 4.69) is 37.9 Å². The van der Waals surface area contributed by atoms with Gasteiger partial charge in [0.1, 0.15) is 0 Å². The summed E-state index contributed by atoms with van der Waals surface area (Å²) in [5.74, 6) is 1.05. The zero-order valence-electron chi connectivity index (χ0n) is 7.41. The highest BCUT2D eigenvalue weighted by Gasteiger charge is 2.01. The van der Waals surface area contributed by atoms with Gasteiger partial charge in [0.2, 0.25) is 0 Å². The molecule has 0 fully saturated rings. The number of hydrogen-bond acceptors (Lipinski definition) is 1. The van der Waals surface area contributed by atoms with Crippen LogP contribution >= 0.6 is 0 Å². The molecule has 0 N–H and O–H groups in total. The fraction of sp³-hybridized carbons (Fsp3) is 0.500. The van der Waals surface area contributed by atoms with Gasteiger partial charge in [0.05, 0.1) is 0 Å². The Morgan fingerprint density at radius 3 is 2.82 bits per heavy atom. The van der Waals surface area contributed by atoms with Crippen molar-refractivity contribution in [1.29, 1.82) is 0 Å². The molecule has 0 spiro atoms. The van der Waals surface area contributed by atoms with Crippen molar-refractivity contribution in [3.05, 3.63) is 23.9 Å². The van der Waals surface area contributed by atoms with E-state index >= 15 is 0 Å². The van der Waals surface area contributed by atoms with E-state index in [4.69, 9.17) is 0 Å². The Morgan fingerprint density at radius 2 is 2.18 bits per heavy atom. The van der Waals surface area contributed by atoms with E-state index in [1.807, 2.05) is 12.4 Å². The first-order chi connectivity index (χ1) is 5.20. The van der Waals surface area contributed by atoms with Gasteiger partial charge in [-0.3, -0.25) is 4.99 Å². The van der Waals surface area contributed by atoms with Crippen molar-refractivity contribution in [2.75, 3.05) is 0 Å². The first-order valence-electron chi connectivity index (χ1n) is 4.11. The summed E-state index contributed by atoms with van der Waals surface area (Å²) in [6, 6.07) is 0. The van der Waals surface area contributed by atoms with Gasteiger partial charge in [0.25, 0.3) is 0 Å². The average molecular weight is 149 g/mol. The molecule has 1 nitrogen and oxygen atoms in total. The SMILES string of the molecule is CC1C=CC(C(C)C)=CN=C1. The molecule has 1 rings (SSSR count). The Hall–Kier alpha value is -0.850. The van der Waals surface area contributed by atoms with Gasteiger partial charge in [0.15, 0.2) is 0 Å². The standard InChI is InChI=1S/C10H15N/c1-8(2)10-5-4-9(3)6-11-7-10/h4-9H,1-3H3. The second-order valence-electron chi connectivity index (χ2n) is 3.30. The quantitative estimate of drug-likeness (QED) is 0.543. The molecule has 0 aromatic rings. The van der Waals surface area contributed by atoms with E-state index in [1.54, 1.807) is 0 Å². The lowest BCUT2D eigenvalue weighted by atomic mass is 10.0. The van der Waals surface area contributed by atoms with Gasteiger partial charge in [-0.1, -0.05) is 32.9 Å². The molecular formula is C10H15N. The zero-order chi connectivity index (χ0) is 8.27. The molecule has 0 saturated carbocycles. The highest BCUT2D eigenvalue weighted by Crippen LogP contribution is 2.14. The van der Waals surface area contributed by atoms with Crippen molar-refractivity contribution in [1.82, 2.24) is 0 Å². The smallest absolute Gasteiger partial charge is 0.0298 e. The molecule has 11 heavy (non-hydrogen) atoms. The van der Waals surface area contributed by atoms with Crippen LogP contribution in [0.15, 0.2) is 28.9 Å². The second-order valence-corrected chi connectivity index (χ2v) is 3.30. The fourth-order valence-electron chi connectivity index (χ4n) is 0.962. The predicted octanol–water partition coefficient (Wildman–Crippen LogP) is 2.80. The normalized spacial score (nSPS) is 23.6. The third kappa shape index (κ3) is 2.34. The number of hydrogen-bond donors (Lipinski definition) is 0. The van der Waals surface area contributed by atoms with Crippen LogP contribution in [-0.4, -0.2) is 6.21 Å². The van der Waals surface area contributed by atoms with Gasteiger partial charge >= 0.3 is 0 Å². The van der Waals surface area contributed by atoms with Gasteiger partial charge < -0.3 is 0 Å². The van der Waals surface area contributed by atoms with Crippen LogP contribution in [-0.2, 0) is 0 Å². The molecule has 1 atom stereocenters. The van der Waals surface area contributed by atoms with Crippen LogP contribution in [0.1, 0.15) is 20.8 Å². The monoisotopic (exact) mass is 149 g/mol. The summed E-state index contributed by atoms with van der Waals surface area (Å²) in [6.45, 7) is 6.50. The van der Waals surface area contributed by atoms with Crippen LogP contribution < -0.4 is 0 Å². The molecule has 0 amide bonds. The summed E-state index contributed by atoms with van der Waals surface area (Å²) < 4.78 is 0. The van der Waals surface area contributed by atoms with E-state index in [9.17, 15) is 0 Å². The maximum absolute atomic E-state index is 4.20. The largest absolute Gasteiger partial charge is 0.268 e. The number of allylic oxidation sites excluding steroid dienone is 3. The minimum atomic E-state index is 0.475. The Labute approximate surface area is 68.5 Å². The maximum Gasteiger partial charge on any atom is 0.0298 e. The van der Waals surface area contributed by atoms with Crippen LogP contribution in [0.2, 0.25) is 0 Å². The molecule has 1 aliphatic rings. The van der Waals surface area contributed by atoms with E-state index in [1.165, 1.54) is 5.57 Å².